The predicted molar refractivity (Wildman–Crippen MR) is 78.6 cm³/mol. The summed E-state index contributed by atoms with van der Waals surface area (Å²) < 4.78 is 1.02. The molecule has 1 unspecified atom stereocenters. The average Bonchev–Trinajstić information content (AvgIpc) is 2.39. The summed E-state index contributed by atoms with van der Waals surface area (Å²) in [4.78, 5) is 4.42. The molecule has 0 bridgehead atoms. The number of pyridine rings is 1. The molecule has 2 rings (SSSR count). The second kappa shape index (κ2) is 6.31. The van der Waals surface area contributed by atoms with Crippen LogP contribution in [0.25, 0.3) is 0 Å². The van der Waals surface area contributed by atoms with E-state index in [0.717, 1.165) is 21.9 Å². The largest absolute Gasteiger partial charge is 0.260 e. The first-order valence-electron chi connectivity index (χ1n) is 5.51. The van der Waals surface area contributed by atoms with Crippen LogP contribution < -0.4 is 0 Å². The zero-order valence-corrected chi connectivity index (χ0v) is 12.5. The predicted octanol–water partition coefficient (Wildman–Crippen LogP) is 4.57. The minimum Gasteiger partial charge on any atom is -0.260 e. The lowest BCUT2D eigenvalue weighted by atomic mass is 9.96. The van der Waals surface area contributed by atoms with Gasteiger partial charge in [0.15, 0.2) is 0 Å². The topological polar surface area (TPSA) is 12.9 Å². The molecule has 0 fully saturated rings. The third kappa shape index (κ3) is 3.65. The van der Waals surface area contributed by atoms with Crippen LogP contribution >= 0.6 is 31.9 Å². The zero-order valence-electron chi connectivity index (χ0n) is 9.31. The highest BCUT2D eigenvalue weighted by atomic mass is 79.9. The SMILES string of the molecule is BrCC(Cc1ccc(Br)cn1)c1ccccc1. The molecule has 0 spiro atoms. The first-order valence-corrected chi connectivity index (χ1v) is 7.42. The van der Waals surface area contributed by atoms with E-state index in [1.807, 2.05) is 18.3 Å². The summed E-state index contributed by atoms with van der Waals surface area (Å²) in [6.07, 6.45) is 2.81. The smallest absolute Gasteiger partial charge is 0.0413 e. The second-order valence-electron chi connectivity index (χ2n) is 3.93. The fourth-order valence-corrected chi connectivity index (χ4v) is 2.60. The Morgan fingerprint density at radius 1 is 1.06 bits per heavy atom. The van der Waals surface area contributed by atoms with Crippen LogP contribution in [0.15, 0.2) is 53.1 Å². The average molecular weight is 355 g/mol. The van der Waals surface area contributed by atoms with Gasteiger partial charge in [0, 0.05) is 21.7 Å². The van der Waals surface area contributed by atoms with Gasteiger partial charge in [-0.3, -0.25) is 4.98 Å². The number of aromatic nitrogens is 1. The summed E-state index contributed by atoms with van der Waals surface area (Å²) in [5, 5.41) is 0.953. The molecule has 2 aromatic rings. The molecule has 1 aromatic heterocycles. The van der Waals surface area contributed by atoms with Gasteiger partial charge in [-0.2, -0.15) is 0 Å². The van der Waals surface area contributed by atoms with Gasteiger partial charge >= 0.3 is 0 Å². The summed E-state index contributed by atoms with van der Waals surface area (Å²) in [5.41, 5.74) is 2.48. The number of halogens is 2. The van der Waals surface area contributed by atoms with Crippen LogP contribution in [0.1, 0.15) is 17.2 Å². The third-order valence-electron chi connectivity index (χ3n) is 2.70. The van der Waals surface area contributed by atoms with Crippen LogP contribution in [0.5, 0.6) is 0 Å². The van der Waals surface area contributed by atoms with Crippen LogP contribution in [-0.2, 0) is 6.42 Å². The lowest BCUT2D eigenvalue weighted by Crippen LogP contribution is -2.05. The lowest BCUT2D eigenvalue weighted by Gasteiger charge is -2.13. The minimum absolute atomic E-state index is 0.477. The lowest BCUT2D eigenvalue weighted by molar-refractivity contribution is 0.755. The maximum absolute atomic E-state index is 4.42. The number of benzene rings is 1. The number of hydrogen-bond acceptors (Lipinski definition) is 1. The Hall–Kier alpha value is -0.670. The number of alkyl halides is 1. The third-order valence-corrected chi connectivity index (χ3v) is 3.95. The van der Waals surface area contributed by atoms with E-state index < -0.39 is 0 Å². The van der Waals surface area contributed by atoms with Crippen molar-refractivity contribution in [2.75, 3.05) is 5.33 Å². The van der Waals surface area contributed by atoms with Gasteiger partial charge in [-0.15, -0.1) is 0 Å². The molecule has 0 amide bonds. The molecule has 1 nitrogen and oxygen atoms in total. The van der Waals surface area contributed by atoms with E-state index in [4.69, 9.17) is 0 Å². The van der Waals surface area contributed by atoms with Crippen LogP contribution in [0.2, 0.25) is 0 Å². The highest BCUT2D eigenvalue weighted by Gasteiger charge is 2.11. The Balaban J connectivity index is 2.13. The molecule has 1 atom stereocenters. The Labute approximate surface area is 119 Å². The molecule has 0 aliphatic carbocycles. The molecule has 0 radical (unpaired) electrons. The summed E-state index contributed by atoms with van der Waals surface area (Å²) in [6, 6.07) is 14.7. The monoisotopic (exact) mass is 353 g/mol. The van der Waals surface area contributed by atoms with Crippen molar-refractivity contribution >= 4 is 31.9 Å². The second-order valence-corrected chi connectivity index (χ2v) is 5.50. The Bertz CT molecular complexity index is 453. The van der Waals surface area contributed by atoms with E-state index >= 15 is 0 Å². The standard InChI is InChI=1S/C14H13Br2N/c15-9-12(11-4-2-1-3-5-11)8-14-7-6-13(16)10-17-14/h1-7,10,12H,8-9H2. The normalized spacial score (nSPS) is 12.4. The molecule has 0 saturated heterocycles. The van der Waals surface area contributed by atoms with Crippen molar-refractivity contribution in [2.45, 2.75) is 12.3 Å². The van der Waals surface area contributed by atoms with Crippen molar-refractivity contribution in [3.63, 3.8) is 0 Å². The molecule has 17 heavy (non-hydrogen) atoms. The van der Waals surface area contributed by atoms with Gasteiger partial charge < -0.3 is 0 Å². The molecule has 88 valence electrons. The molecule has 0 aliphatic heterocycles. The summed E-state index contributed by atoms with van der Waals surface area (Å²) in [5.74, 6) is 0.477. The minimum atomic E-state index is 0.477. The van der Waals surface area contributed by atoms with E-state index in [1.54, 1.807) is 0 Å². The number of nitrogens with zero attached hydrogens (tertiary/aromatic N) is 1. The van der Waals surface area contributed by atoms with Crippen LogP contribution in [0, 0.1) is 0 Å². The van der Waals surface area contributed by atoms with Gasteiger partial charge in [0.25, 0.3) is 0 Å². The summed E-state index contributed by atoms with van der Waals surface area (Å²) >= 11 is 6.99. The molecule has 0 aliphatic rings. The van der Waals surface area contributed by atoms with E-state index in [0.29, 0.717) is 5.92 Å². The first-order chi connectivity index (χ1) is 8.29. The summed E-state index contributed by atoms with van der Waals surface area (Å²) in [6.45, 7) is 0. The van der Waals surface area contributed by atoms with Gasteiger partial charge in [-0.25, -0.2) is 0 Å². The number of rotatable bonds is 4. The Kier molecular flexibility index (Phi) is 4.75. The Morgan fingerprint density at radius 3 is 2.41 bits per heavy atom. The van der Waals surface area contributed by atoms with Gasteiger partial charge in [-0.05, 0) is 46.0 Å². The van der Waals surface area contributed by atoms with Gasteiger partial charge in [0.05, 0.1) is 0 Å². The number of hydrogen-bond donors (Lipinski definition) is 0. The van der Waals surface area contributed by atoms with Gasteiger partial charge in [0.2, 0.25) is 0 Å². The zero-order chi connectivity index (χ0) is 12.1. The first kappa shape index (κ1) is 12.8. The fourth-order valence-electron chi connectivity index (χ4n) is 1.77. The van der Waals surface area contributed by atoms with Crippen LogP contribution in [0.3, 0.4) is 0 Å². The highest BCUT2D eigenvalue weighted by Crippen LogP contribution is 2.22. The van der Waals surface area contributed by atoms with E-state index in [-0.39, 0.29) is 0 Å². The summed E-state index contributed by atoms with van der Waals surface area (Å²) in [7, 11) is 0. The van der Waals surface area contributed by atoms with Crippen molar-refractivity contribution in [3.8, 4) is 0 Å². The molecule has 1 aromatic carbocycles. The molecule has 0 N–H and O–H groups in total. The van der Waals surface area contributed by atoms with E-state index in [1.165, 1.54) is 5.56 Å². The Morgan fingerprint density at radius 2 is 1.82 bits per heavy atom. The fraction of sp³-hybridized carbons (Fsp3) is 0.214. The van der Waals surface area contributed by atoms with Crippen molar-refractivity contribution < 1.29 is 0 Å². The molecule has 3 heteroatoms. The van der Waals surface area contributed by atoms with Crippen LogP contribution in [0.4, 0.5) is 0 Å². The van der Waals surface area contributed by atoms with E-state index in [2.05, 4.69) is 67.2 Å². The van der Waals surface area contributed by atoms with Crippen molar-refractivity contribution in [2.24, 2.45) is 0 Å². The molecule has 0 saturated carbocycles. The van der Waals surface area contributed by atoms with E-state index in [9.17, 15) is 0 Å². The maximum Gasteiger partial charge on any atom is 0.0413 e. The van der Waals surface area contributed by atoms with Gasteiger partial charge in [-0.1, -0.05) is 46.3 Å². The van der Waals surface area contributed by atoms with Gasteiger partial charge in [0.1, 0.15) is 0 Å². The van der Waals surface area contributed by atoms with Crippen molar-refractivity contribution in [1.82, 2.24) is 4.98 Å². The molecular weight excluding hydrogens is 342 g/mol. The maximum atomic E-state index is 4.42. The van der Waals surface area contributed by atoms with Crippen molar-refractivity contribution in [1.29, 1.82) is 0 Å². The van der Waals surface area contributed by atoms with Crippen molar-refractivity contribution in [3.05, 3.63) is 64.4 Å². The highest BCUT2D eigenvalue weighted by molar-refractivity contribution is 9.10. The van der Waals surface area contributed by atoms with Crippen LogP contribution in [-0.4, -0.2) is 10.3 Å². The molecule has 1 heterocycles. The quantitative estimate of drug-likeness (QED) is 0.733. The molecular formula is C14H13Br2N.